The SMILES string of the molecule is Cc1[nH]c(C(=O)NCCCO)c(C)c1C(=O)OC(C)C. The summed E-state index contributed by atoms with van der Waals surface area (Å²) in [5.74, 6) is -0.719. The molecule has 0 saturated heterocycles. The molecular weight excluding hydrogens is 260 g/mol. The van der Waals surface area contributed by atoms with Crippen molar-refractivity contribution in [3.8, 4) is 0 Å². The Morgan fingerprint density at radius 3 is 2.55 bits per heavy atom. The Balaban J connectivity index is 2.91. The van der Waals surface area contributed by atoms with Crippen LogP contribution < -0.4 is 5.32 Å². The first kappa shape index (κ1) is 16.2. The van der Waals surface area contributed by atoms with Gasteiger partial charge in [-0.1, -0.05) is 0 Å². The first-order valence-electron chi connectivity index (χ1n) is 6.67. The number of carbonyl (C=O) groups is 2. The summed E-state index contributed by atoms with van der Waals surface area (Å²) in [5, 5.41) is 11.4. The van der Waals surface area contributed by atoms with E-state index in [1.807, 2.05) is 0 Å². The lowest BCUT2D eigenvalue weighted by Crippen LogP contribution is -2.26. The fourth-order valence-corrected chi connectivity index (χ4v) is 1.93. The average molecular weight is 282 g/mol. The van der Waals surface area contributed by atoms with Gasteiger partial charge in [0.15, 0.2) is 0 Å². The summed E-state index contributed by atoms with van der Waals surface area (Å²) in [6, 6.07) is 0. The number of aryl methyl sites for hydroxylation is 1. The van der Waals surface area contributed by atoms with Gasteiger partial charge in [0.1, 0.15) is 5.69 Å². The monoisotopic (exact) mass is 282 g/mol. The number of amides is 1. The van der Waals surface area contributed by atoms with E-state index in [1.54, 1.807) is 27.7 Å². The smallest absolute Gasteiger partial charge is 0.340 e. The molecule has 6 heteroatoms. The number of aliphatic hydroxyl groups excluding tert-OH is 1. The maximum Gasteiger partial charge on any atom is 0.340 e. The molecule has 0 aliphatic rings. The fourth-order valence-electron chi connectivity index (χ4n) is 1.93. The molecule has 112 valence electrons. The van der Waals surface area contributed by atoms with E-state index in [9.17, 15) is 9.59 Å². The maximum absolute atomic E-state index is 12.0. The molecule has 0 spiro atoms. The Morgan fingerprint density at radius 1 is 1.35 bits per heavy atom. The van der Waals surface area contributed by atoms with E-state index in [4.69, 9.17) is 9.84 Å². The molecule has 6 nitrogen and oxygen atoms in total. The predicted octanol–water partition coefficient (Wildman–Crippen LogP) is 1.31. The van der Waals surface area contributed by atoms with E-state index >= 15 is 0 Å². The Kier molecular flexibility index (Phi) is 5.76. The summed E-state index contributed by atoms with van der Waals surface area (Å²) in [6.07, 6.45) is 0.283. The van der Waals surface area contributed by atoms with Gasteiger partial charge in [-0.3, -0.25) is 4.79 Å². The van der Waals surface area contributed by atoms with Crippen molar-refractivity contribution in [2.45, 2.75) is 40.2 Å². The summed E-state index contributed by atoms with van der Waals surface area (Å²) >= 11 is 0. The van der Waals surface area contributed by atoms with E-state index in [0.29, 0.717) is 35.5 Å². The number of hydrogen-bond donors (Lipinski definition) is 3. The molecule has 1 rings (SSSR count). The third-order valence-electron chi connectivity index (χ3n) is 2.83. The van der Waals surface area contributed by atoms with Crippen LogP contribution in [0.4, 0.5) is 0 Å². The lowest BCUT2D eigenvalue weighted by atomic mass is 10.1. The molecule has 1 aromatic heterocycles. The Labute approximate surface area is 118 Å². The highest BCUT2D eigenvalue weighted by Gasteiger charge is 2.23. The second kappa shape index (κ2) is 7.09. The first-order valence-corrected chi connectivity index (χ1v) is 6.67. The first-order chi connectivity index (χ1) is 9.38. The highest BCUT2D eigenvalue weighted by molar-refractivity contribution is 6.00. The van der Waals surface area contributed by atoms with E-state index in [2.05, 4.69) is 10.3 Å². The van der Waals surface area contributed by atoms with Crippen LogP contribution in [-0.4, -0.2) is 41.2 Å². The molecule has 20 heavy (non-hydrogen) atoms. The van der Waals surface area contributed by atoms with Crippen LogP contribution in [0.2, 0.25) is 0 Å². The van der Waals surface area contributed by atoms with Gasteiger partial charge in [0.2, 0.25) is 0 Å². The number of ether oxygens (including phenoxy) is 1. The molecule has 1 amide bonds. The minimum Gasteiger partial charge on any atom is -0.459 e. The van der Waals surface area contributed by atoms with Crippen LogP contribution >= 0.6 is 0 Å². The van der Waals surface area contributed by atoms with Crippen molar-refractivity contribution < 1.29 is 19.4 Å². The highest BCUT2D eigenvalue weighted by atomic mass is 16.5. The van der Waals surface area contributed by atoms with Gasteiger partial charge in [-0.25, -0.2) is 4.79 Å². The minimum absolute atomic E-state index is 0.0228. The Bertz CT molecular complexity index is 492. The summed E-state index contributed by atoms with van der Waals surface area (Å²) in [5.41, 5.74) is 1.96. The van der Waals surface area contributed by atoms with Gasteiger partial charge < -0.3 is 20.1 Å². The van der Waals surface area contributed by atoms with Crippen LogP contribution in [0.5, 0.6) is 0 Å². The minimum atomic E-state index is -0.430. The van der Waals surface area contributed by atoms with Crippen molar-refractivity contribution in [2.75, 3.05) is 13.2 Å². The van der Waals surface area contributed by atoms with Gasteiger partial charge >= 0.3 is 5.97 Å². The van der Waals surface area contributed by atoms with Crippen LogP contribution in [-0.2, 0) is 4.74 Å². The number of H-pyrrole nitrogens is 1. The van der Waals surface area contributed by atoms with Crippen LogP contribution in [0.25, 0.3) is 0 Å². The molecule has 1 heterocycles. The fraction of sp³-hybridized carbons (Fsp3) is 0.571. The quantitative estimate of drug-likeness (QED) is 0.542. The molecule has 0 aromatic carbocycles. The van der Waals surface area contributed by atoms with Crippen molar-refractivity contribution >= 4 is 11.9 Å². The van der Waals surface area contributed by atoms with Crippen molar-refractivity contribution in [2.24, 2.45) is 0 Å². The topological polar surface area (TPSA) is 91.4 Å². The van der Waals surface area contributed by atoms with Gasteiger partial charge in [-0.2, -0.15) is 0 Å². The average Bonchev–Trinajstić information content (AvgIpc) is 2.64. The zero-order valence-electron chi connectivity index (χ0n) is 12.4. The van der Waals surface area contributed by atoms with Crippen LogP contribution in [0.15, 0.2) is 0 Å². The van der Waals surface area contributed by atoms with E-state index in [0.717, 1.165) is 0 Å². The Morgan fingerprint density at radius 2 is 2.00 bits per heavy atom. The van der Waals surface area contributed by atoms with Crippen LogP contribution in [0.3, 0.4) is 0 Å². The number of rotatable bonds is 6. The standard InChI is InChI=1S/C14H22N2O4/c1-8(2)20-14(19)11-9(3)12(16-10(11)4)13(18)15-6-5-7-17/h8,16-17H,5-7H2,1-4H3,(H,15,18). The number of aromatic amines is 1. The molecule has 0 saturated carbocycles. The summed E-state index contributed by atoms with van der Waals surface area (Å²) in [6.45, 7) is 7.40. The van der Waals surface area contributed by atoms with Gasteiger partial charge in [-0.15, -0.1) is 0 Å². The maximum atomic E-state index is 12.0. The number of hydrogen-bond acceptors (Lipinski definition) is 4. The normalized spacial score (nSPS) is 10.7. The third kappa shape index (κ3) is 3.84. The van der Waals surface area contributed by atoms with E-state index < -0.39 is 5.97 Å². The highest BCUT2D eigenvalue weighted by Crippen LogP contribution is 2.19. The Hall–Kier alpha value is -1.82. The van der Waals surface area contributed by atoms with Crippen molar-refractivity contribution in [3.05, 3.63) is 22.5 Å². The molecule has 0 fully saturated rings. The molecular formula is C14H22N2O4. The number of esters is 1. The molecule has 0 unspecified atom stereocenters. The molecule has 1 aromatic rings. The predicted molar refractivity (Wildman–Crippen MR) is 74.9 cm³/mol. The number of aliphatic hydroxyl groups is 1. The second-order valence-corrected chi connectivity index (χ2v) is 4.91. The molecule has 3 N–H and O–H groups in total. The molecule has 0 radical (unpaired) electrons. The largest absolute Gasteiger partial charge is 0.459 e. The molecule has 0 atom stereocenters. The lowest BCUT2D eigenvalue weighted by molar-refractivity contribution is 0.0376. The van der Waals surface area contributed by atoms with Gasteiger partial charge in [0.25, 0.3) is 5.91 Å². The zero-order valence-corrected chi connectivity index (χ0v) is 12.4. The molecule has 0 bridgehead atoms. The number of nitrogens with one attached hydrogen (secondary N) is 2. The summed E-state index contributed by atoms with van der Waals surface area (Å²) in [7, 11) is 0. The summed E-state index contributed by atoms with van der Waals surface area (Å²) < 4.78 is 5.17. The third-order valence-corrected chi connectivity index (χ3v) is 2.83. The van der Waals surface area contributed by atoms with E-state index in [-0.39, 0.29) is 18.6 Å². The van der Waals surface area contributed by atoms with Gasteiger partial charge in [-0.05, 0) is 39.7 Å². The lowest BCUT2D eigenvalue weighted by Gasteiger charge is -2.08. The van der Waals surface area contributed by atoms with Gasteiger partial charge in [0, 0.05) is 18.8 Å². The van der Waals surface area contributed by atoms with E-state index in [1.165, 1.54) is 0 Å². The molecule has 0 aliphatic heterocycles. The van der Waals surface area contributed by atoms with Crippen molar-refractivity contribution in [1.29, 1.82) is 0 Å². The van der Waals surface area contributed by atoms with Crippen molar-refractivity contribution in [3.63, 3.8) is 0 Å². The van der Waals surface area contributed by atoms with Crippen molar-refractivity contribution in [1.82, 2.24) is 10.3 Å². The molecule has 0 aliphatic carbocycles. The summed E-state index contributed by atoms with van der Waals surface area (Å²) in [4.78, 5) is 26.9. The number of aromatic nitrogens is 1. The van der Waals surface area contributed by atoms with Gasteiger partial charge in [0.05, 0.1) is 11.7 Å². The zero-order chi connectivity index (χ0) is 15.3. The van der Waals surface area contributed by atoms with Crippen LogP contribution in [0.1, 0.15) is 52.4 Å². The van der Waals surface area contributed by atoms with Crippen LogP contribution in [0, 0.1) is 13.8 Å². The number of carbonyl (C=O) groups excluding carboxylic acids is 2. The second-order valence-electron chi connectivity index (χ2n) is 4.91.